The van der Waals surface area contributed by atoms with E-state index in [1.54, 1.807) is 12.1 Å². The van der Waals surface area contributed by atoms with Crippen LogP contribution >= 0.6 is 22.6 Å². The molecule has 25 heavy (non-hydrogen) atoms. The maximum atomic E-state index is 12.1. The Hall–Kier alpha value is -2.49. The number of nitrogens with one attached hydrogen (secondary N) is 1. The number of carboxylic acids is 1. The van der Waals surface area contributed by atoms with Crippen molar-refractivity contribution in [3.05, 3.63) is 45.5 Å². The zero-order chi connectivity index (χ0) is 18.4. The number of benzene rings is 2. The number of hydrogen-bond acceptors (Lipinski definition) is 5. The van der Waals surface area contributed by atoms with Gasteiger partial charge in [-0.15, -0.1) is 0 Å². The molecule has 0 radical (unpaired) electrons. The summed E-state index contributed by atoms with van der Waals surface area (Å²) in [5.74, 6) is -0.584. The Morgan fingerprint density at radius 1 is 1.08 bits per heavy atom. The topological polar surface area (TPSA) is 94.1 Å². The van der Waals surface area contributed by atoms with Crippen molar-refractivity contribution in [2.75, 3.05) is 26.1 Å². The second-order valence-electron chi connectivity index (χ2n) is 4.85. The van der Waals surface area contributed by atoms with E-state index in [1.807, 2.05) is 12.1 Å². The highest BCUT2D eigenvalue weighted by Crippen LogP contribution is 2.33. The van der Waals surface area contributed by atoms with Crippen LogP contribution in [-0.2, 0) is 4.79 Å². The number of carboxylic acid groups (broad SMARTS) is 1. The molecule has 1 amide bonds. The lowest BCUT2D eigenvalue weighted by Gasteiger charge is -2.14. The Balaban J connectivity index is 2.13. The molecule has 0 spiro atoms. The second-order valence-corrected chi connectivity index (χ2v) is 6.09. The summed E-state index contributed by atoms with van der Waals surface area (Å²) < 4.78 is 16.6. The number of carbonyl (C=O) groups is 2. The van der Waals surface area contributed by atoms with Crippen LogP contribution in [0.3, 0.4) is 0 Å². The highest BCUT2D eigenvalue weighted by molar-refractivity contribution is 14.1. The van der Waals surface area contributed by atoms with Crippen LogP contribution in [0.25, 0.3) is 0 Å². The van der Waals surface area contributed by atoms with Crippen molar-refractivity contribution in [2.24, 2.45) is 0 Å². The quantitative estimate of drug-likeness (QED) is 0.621. The summed E-state index contributed by atoms with van der Waals surface area (Å²) in [7, 11) is 2.82. The van der Waals surface area contributed by atoms with Crippen molar-refractivity contribution in [3.8, 4) is 17.2 Å². The molecule has 0 aliphatic rings. The van der Waals surface area contributed by atoms with Crippen LogP contribution < -0.4 is 19.5 Å². The predicted octanol–water partition coefficient (Wildman–Crippen LogP) is 3.02. The number of aromatic carboxylic acids is 1. The van der Waals surface area contributed by atoms with E-state index >= 15 is 0 Å². The summed E-state index contributed by atoms with van der Waals surface area (Å²) in [4.78, 5) is 23.5. The summed E-state index contributed by atoms with van der Waals surface area (Å²) in [6, 6.07) is 9.87. The second kappa shape index (κ2) is 8.56. The Morgan fingerprint density at radius 2 is 1.68 bits per heavy atom. The zero-order valence-electron chi connectivity index (χ0n) is 13.5. The number of halogens is 1. The molecule has 2 rings (SSSR count). The molecule has 2 aromatic rings. The number of rotatable bonds is 7. The minimum Gasteiger partial charge on any atom is -0.493 e. The Morgan fingerprint density at radius 3 is 2.24 bits per heavy atom. The summed E-state index contributed by atoms with van der Waals surface area (Å²) in [6.45, 7) is -0.256. The molecular weight excluding hydrogens is 441 g/mol. The van der Waals surface area contributed by atoms with Crippen LogP contribution in [0.1, 0.15) is 10.4 Å². The average molecular weight is 457 g/mol. The van der Waals surface area contributed by atoms with Crippen LogP contribution in [0.2, 0.25) is 0 Å². The van der Waals surface area contributed by atoms with Gasteiger partial charge in [-0.2, -0.15) is 0 Å². The number of methoxy groups -OCH3 is 2. The van der Waals surface area contributed by atoms with E-state index in [4.69, 9.17) is 14.2 Å². The van der Waals surface area contributed by atoms with Crippen molar-refractivity contribution < 1.29 is 28.9 Å². The standard InChI is InChI=1S/C17H16INO6/c1-23-14-7-12(17(21)22)13(8-15(14)24-2)19-16(20)9-25-11-5-3-10(18)4-6-11/h3-8H,9H2,1-2H3,(H,19,20)(H,21,22). The molecule has 0 fully saturated rings. The van der Waals surface area contributed by atoms with Gasteiger partial charge in [0.1, 0.15) is 5.75 Å². The van der Waals surface area contributed by atoms with Gasteiger partial charge in [-0.05, 0) is 46.9 Å². The Kier molecular flexibility index (Phi) is 6.45. The van der Waals surface area contributed by atoms with Gasteiger partial charge in [0.05, 0.1) is 25.5 Å². The first-order chi connectivity index (χ1) is 11.9. The predicted molar refractivity (Wildman–Crippen MR) is 99.8 cm³/mol. The molecule has 2 N–H and O–H groups in total. The minimum absolute atomic E-state index is 0.0985. The molecule has 0 unspecified atom stereocenters. The Bertz CT molecular complexity index is 775. The molecule has 0 saturated carbocycles. The first-order valence-electron chi connectivity index (χ1n) is 7.12. The van der Waals surface area contributed by atoms with Crippen molar-refractivity contribution in [2.45, 2.75) is 0 Å². The van der Waals surface area contributed by atoms with Crippen molar-refractivity contribution >= 4 is 40.2 Å². The number of ether oxygens (including phenoxy) is 3. The first-order valence-corrected chi connectivity index (χ1v) is 8.20. The van der Waals surface area contributed by atoms with Gasteiger partial charge in [0.25, 0.3) is 5.91 Å². The zero-order valence-corrected chi connectivity index (χ0v) is 15.7. The third-order valence-corrected chi connectivity index (χ3v) is 3.93. The molecule has 132 valence electrons. The fraction of sp³-hybridized carbons (Fsp3) is 0.176. The highest BCUT2D eigenvalue weighted by Gasteiger charge is 2.18. The molecule has 7 nitrogen and oxygen atoms in total. The van der Waals surface area contributed by atoms with Crippen molar-refractivity contribution in [3.63, 3.8) is 0 Å². The maximum absolute atomic E-state index is 12.1. The van der Waals surface area contributed by atoms with Gasteiger partial charge >= 0.3 is 5.97 Å². The van der Waals surface area contributed by atoms with Crippen LogP contribution in [0, 0.1) is 3.57 Å². The number of amides is 1. The lowest BCUT2D eigenvalue weighted by molar-refractivity contribution is -0.118. The molecule has 0 aliphatic heterocycles. The number of hydrogen-bond donors (Lipinski definition) is 2. The average Bonchev–Trinajstić information content (AvgIpc) is 2.60. The molecule has 0 aromatic heterocycles. The molecule has 0 heterocycles. The third-order valence-electron chi connectivity index (χ3n) is 3.21. The normalized spacial score (nSPS) is 10.0. The molecular formula is C17H16INO6. The maximum Gasteiger partial charge on any atom is 0.337 e. The fourth-order valence-corrected chi connectivity index (χ4v) is 2.38. The van der Waals surface area contributed by atoms with Gasteiger partial charge < -0.3 is 24.6 Å². The van der Waals surface area contributed by atoms with E-state index in [0.717, 1.165) is 3.57 Å². The van der Waals surface area contributed by atoms with E-state index < -0.39 is 11.9 Å². The van der Waals surface area contributed by atoms with Crippen molar-refractivity contribution in [1.29, 1.82) is 0 Å². The number of anilines is 1. The SMILES string of the molecule is COc1cc(NC(=O)COc2ccc(I)cc2)c(C(=O)O)cc1OC. The van der Waals surface area contributed by atoms with E-state index in [-0.39, 0.29) is 23.6 Å². The van der Waals surface area contributed by atoms with E-state index in [1.165, 1.54) is 26.4 Å². The molecule has 0 bridgehead atoms. The van der Waals surface area contributed by atoms with E-state index in [9.17, 15) is 14.7 Å². The van der Waals surface area contributed by atoms with Crippen LogP contribution in [0.15, 0.2) is 36.4 Å². The Labute approximate surface area is 158 Å². The molecule has 2 aromatic carbocycles. The van der Waals surface area contributed by atoms with Gasteiger partial charge in [0.15, 0.2) is 18.1 Å². The van der Waals surface area contributed by atoms with Gasteiger partial charge in [-0.1, -0.05) is 0 Å². The summed E-state index contributed by atoms with van der Waals surface area (Å²) in [5, 5.41) is 11.8. The molecule has 8 heteroatoms. The smallest absolute Gasteiger partial charge is 0.337 e. The van der Waals surface area contributed by atoms with Gasteiger partial charge in [-0.3, -0.25) is 4.79 Å². The molecule has 0 atom stereocenters. The lowest BCUT2D eigenvalue weighted by Crippen LogP contribution is -2.21. The first kappa shape index (κ1) is 18.8. The lowest BCUT2D eigenvalue weighted by atomic mass is 10.1. The van der Waals surface area contributed by atoms with E-state index in [2.05, 4.69) is 27.9 Å². The van der Waals surface area contributed by atoms with Crippen LogP contribution in [0.5, 0.6) is 17.2 Å². The number of carbonyl (C=O) groups excluding carboxylic acids is 1. The monoisotopic (exact) mass is 457 g/mol. The summed E-state index contributed by atoms with van der Waals surface area (Å²) in [6.07, 6.45) is 0. The highest BCUT2D eigenvalue weighted by atomic mass is 127. The van der Waals surface area contributed by atoms with Gasteiger partial charge in [0.2, 0.25) is 0 Å². The van der Waals surface area contributed by atoms with Crippen LogP contribution in [0.4, 0.5) is 5.69 Å². The van der Waals surface area contributed by atoms with Gasteiger partial charge in [0, 0.05) is 15.7 Å². The summed E-state index contributed by atoms with van der Waals surface area (Å²) in [5.41, 5.74) is -0.0124. The van der Waals surface area contributed by atoms with Crippen LogP contribution in [-0.4, -0.2) is 37.8 Å². The molecule has 0 saturated heterocycles. The molecule has 0 aliphatic carbocycles. The third kappa shape index (κ3) is 4.99. The van der Waals surface area contributed by atoms with E-state index in [0.29, 0.717) is 11.5 Å². The van der Waals surface area contributed by atoms with Gasteiger partial charge in [-0.25, -0.2) is 4.79 Å². The fourth-order valence-electron chi connectivity index (χ4n) is 2.03. The summed E-state index contributed by atoms with van der Waals surface area (Å²) >= 11 is 2.16. The largest absolute Gasteiger partial charge is 0.493 e. The minimum atomic E-state index is -1.20. The van der Waals surface area contributed by atoms with Crippen molar-refractivity contribution in [1.82, 2.24) is 0 Å².